The van der Waals surface area contributed by atoms with Crippen molar-refractivity contribution >= 4 is 17.5 Å². The highest BCUT2D eigenvalue weighted by molar-refractivity contribution is 6.32. The minimum atomic E-state index is -0.435. The van der Waals surface area contributed by atoms with E-state index in [2.05, 4.69) is 20.8 Å². The number of hydrogen-bond donors (Lipinski definition) is 1. The summed E-state index contributed by atoms with van der Waals surface area (Å²) >= 11 is 6.12. The zero-order chi connectivity index (χ0) is 11.8. The molecule has 2 nitrogen and oxygen atoms in total. The van der Waals surface area contributed by atoms with E-state index in [0.717, 1.165) is 11.1 Å². The van der Waals surface area contributed by atoms with Crippen LogP contribution in [0.3, 0.4) is 0 Å². The van der Waals surface area contributed by atoms with Gasteiger partial charge in [0, 0.05) is 10.6 Å². The number of primary amides is 1. The number of nitrogens with two attached hydrogens (primary N) is 1. The Hall–Kier alpha value is -1.02. The van der Waals surface area contributed by atoms with Crippen molar-refractivity contribution in [3.05, 3.63) is 33.8 Å². The Morgan fingerprint density at radius 2 is 1.87 bits per heavy atom. The van der Waals surface area contributed by atoms with E-state index in [4.69, 9.17) is 17.3 Å². The maximum atomic E-state index is 11.1. The monoisotopic (exact) mass is 225 g/mol. The summed E-state index contributed by atoms with van der Waals surface area (Å²) in [6, 6.07) is 3.59. The molecule has 0 spiro atoms. The van der Waals surface area contributed by atoms with Crippen LogP contribution in [0, 0.1) is 6.92 Å². The van der Waals surface area contributed by atoms with Crippen LogP contribution in [0.2, 0.25) is 5.02 Å². The van der Waals surface area contributed by atoms with Crippen LogP contribution in [0.25, 0.3) is 0 Å². The van der Waals surface area contributed by atoms with Gasteiger partial charge >= 0.3 is 0 Å². The lowest BCUT2D eigenvalue weighted by molar-refractivity contribution is 0.0999. The first-order valence-corrected chi connectivity index (χ1v) is 5.21. The van der Waals surface area contributed by atoms with Gasteiger partial charge in [-0.1, -0.05) is 38.4 Å². The fourth-order valence-electron chi connectivity index (χ4n) is 1.52. The molecule has 3 heteroatoms. The fourth-order valence-corrected chi connectivity index (χ4v) is 1.97. The second-order valence-corrected chi connectivity index (χ2v) is 5.17. The van der Waals surface area contributed by atoms with Gasteiger partial charge in [0.25, 0.3) is 0 Å². The van der Waals surface area contributed by atoms with Crippen LogP contribution in [-0.2, 0) is 5.41 Å². The third-order valence-electron chi connectivity index (χ3n) is 2.39. The SMILES string of the molecule is Cc1cc(C(C)(C)C)c(Cl)cc1C(N)=O. The molecule has 0 radical (unpaired) electrons. The number of halogens is 1. The molecule has 0 saturated heterocycles. The van der Waals surface area contributed by atoms with Crippen molar-refractivity contribution in [1.82, 2.24) is 0 Å². The minimum Gasteiger partial charge on any atom is -0.366 e. The fraction of sp³-hybridized carbons (Fsp3) is 0.417. The lowest BCUT2D eigenvalue weighted by atomic mass is 9.85. The first-order valence-electron chi connectivity index (χ1n) is 4.84. The Morgan fingerprint density at radius 1 is 1.33 bits per heavy atom. The van der Waals surface area contributed by atoms with E-state index in [1.165, 1.54) is 0 Å². The summed E-state index contributed by atoms with van der Waals surface area (Å²) in [7, 11) is 0. The summed E-state index contributed by atoms with van der Waals surface area (Å²) in [4.78, 5) is 11.1. The topological polar surface area (TPSA) is 43.1 Å². The number of carbonyl (C=O) groups is 1. The average Bonchev–Trinajstić information content (AvgIpc) is 2.06. The van der Waals surface area contributed by atoms with Crippen molar-refractivity contribution < 1.29 is 4.79 Å². The second-order valence-electron chi connectivity index (χ2n) is 4.76. The van der Waals surface area contributed by atoms with Crippen molar-refractivity contribution in [1.29, 1.82) is 0 Å². The van der Waals surface area contributed by atoms with Gasteiger partial charge in [-0.2, -0.15) is 0 Å². The molecule has 0 atom stereocenters. The van der Waals surface area contributed by atoms with Gasteiger partial charge < -0.3 is 5.73 Å². The predicted octanol–water partition coefficient (Wildman–Crippen LogP) is 3.04. The highest BCUT2D eigenvalue weighted by Gasteiger charge is 2.19. The number of carbonyl (C=O) groups excluding carboxylic acids is 1. The standard InChI is InChI=1S/C12H16ClNO/c1-7-5-9(12(2,3)4)10(13)6-8(7)11(14)15/h5-6H,1-4H3,(H2,14,15). The van der Waals surface area contributed by atoms with Gasteiger partial charge in [0.15, 0.2) is 0 Å². The number of aryl methyl sites for hydroxylation is 1. The lowest BCUT2D eigenvalue weighted by Gasteiger charge is -2.22. The van der Waals surface area contributed by atoms with Gasteiger partial charge in [0.05, 0.1) is 0 Å². The Balaban J connectivity index is 3.39. The number of benzene rings is 1. The molecule has 15 heavy (non-hydrogen) atoms. The molecule has 0 fully saturated rings. The summed E-state index contributed by atoms with van der Waals surface area (Å²) in [5, 5.41) is 0.599. The molecule has 1 aromatic carbocycles. The Kier molecular flexibility index (Phi) is 3.10. The van der Waals surface area contributed by atoms with Crippen LogP contribution >= 0.6 is 11.6 Å². The molecule has 0 bridgehead atoms. The van der Waals surface area contributed by atoms with Crippen LogP contribution in [0.5, 0.6) is 0 Å². The molecule has 0 aliphatic carbocycles. The summed E-state index contributed by atoms with van der Waals surface area (Å²) in [6.07, 6.45) is 0. The molecule has 1 rings (SSSR count). The van der Waals surface area contributed by atoms with Crippen molar-refractivity contribution in [3.8, 4) is 0 Å². The Labute approximate surface area is 95.4 Å². The smallest absolute Gasteiger partial charge is 0.249 e. The molecule has 0 saturated carbocycles. The third kappa shape index (κ3) is 2.51. The average molecular weight is 226 g/mol. The molecule has 2 N–H and O–H groups in total. The molecular weight excluding hydrogens is 210 g/mol. The zero-order valence-electron chi connectivity index (χ0n) is 9.52. The largest absolute Gasteiger partial charge is 0.366 e. The lowest BCUT2D eigenvalue weighted by Crippen LogP contribution is -2.16. The quantitative estimate of drug-likeness (QED) is 0.785. The Morgan fingerprint density at radius 3 is 2.27 bits per heavy atom. The highest BCUT2D eigenvalue weighted by atomic mass is 35.5. The second kappa shape index (κ2) is 3.86. The van der Waals surface area contributed by atoms with Gasteiger partial charge in [-0.05, 0) is 29.5 Å². The Bertz CT molecular complexity index is 405. The van der Waals surface area contributed by atoms with Crippen molar-refractivity contribution in [3.63, 3.8) is 0 Å². The minimum absolute atomic E-state index is 0.0297. The van der Waals surface area contributed by atoms with E-state index < -0.39 is 5.91 Å². The van der Waals surface area contributed by atoms with Crippen LogP contribution in [-0.4, -0.2) is 5.91 Å². The number of rotatable bonds is 1. The zero-order valence-corrected chi connectivity index (χ0v) is 10.3. The molecule has 82 valence electrons. The molecular formula is C12H16ClNO. The third-order valence-corrected chi connectivity index (χ3v) is 2.70. The van der Waals surface area contributed by atoms with Gasteiger partial charge in [0.2, 0.25) is 5.91 Å². The normalized spacial score (nSPS) is 11.5. The van der Waals surface area contributed by atoms with Crippen molar-refractivity contribution in [2.75, 3.05) is 0 Å². The van der Waals surface area contributed by atoms with E-state index in [1.807, 2.05) is 13.0 Å². The summed E-state index contributed by atoms with van der Waals surface area (Å²) in [6.45, 7) is 8.11. The van der Waals surface area contributed by atoms with Crippen LogP contribution in [0.15, 0.2) is 12.1 Å². The van der Waals surface area contributed by atoms with Gasteiger partial charge in [0.1, 0.15) is 0 Å². The first kappa shape index (κ1) is 12.1. The van der Waals surface area contributed by atoms with E-state index in [0.29, 0.717) is 10.6 Å². The van der Waals surface area contributed by atoms with E-state index in [1.54, 1.807) is 6.07 Å². The van der Waals surface area contributed by atoms with E-state index in [9.17, 15) is 4.79 Å². The molecule has 1 aromatic rings. The highest BCUT2D eigenvalue weighted by Crippen LogP contribution is 2.31. The molecule has 0 heterocycles. The van der Waals surface area contributed by atoms with Crippen molar-refractivity contribution in [2.24, 2.45) is 5.73 Å². The molecule has 0 aromatic heterocycles. The van der Waals surface area contributed by atoms with E-state index in [-0.39, 0.29) is 5.41 Å². The van der Waals surface area contributed by atoms with E-state index >= 15 is 0 Å². The van der Waals surface area contributed by atoms with Gasteiger partial charge in [-0.25, -0.2) is 0 Å². The summed E-state index contributed by atoms with van der Waals surface area (Å²) in [5.41, 5.74) is 7.61. The van der Waals surface area contributed by atoms with Crippen molar-refractivity contribution in [2.45, 2.75) is 33.1 Å². The molecule has 1 amide bonds. The summed E-state index contributed by atoms with van der Waals surface area (Å²) in [5.74, 6) is -0.435. The van der Waals surface area contributed by atoms with Crippen LogP contribution in [0.4, 0.5) is 0 Å². The van der Waals surface area contributed by atoms with Crippen LogP contribution in [0.1, 0.15) is 42.3 Å². The molecule has 0 aliphatic rings. The molecule has 0 aliphatic heterocycles. The predicted molar refractivity (Wildman–Crippen MR) is 63.4 cm³/mol. The van der Waals surface area contributed by atoms with Gasteiger partial charge in [-0.3, -0.25) is 4.79 Å². The number of hydrogen-bond acceptors (Lipinski definition) is 1. The van der Waals surface area contributed by atoms with Gasteiger partial charge in [-0.15, -0.1) is 0 Å². The maximum Gasteiger partial charge on any atom is 0.249 e. The van der Waals surface area contributed by atoms with Crippen LogP contribution < -0.4 is 5.73 Å². The number of amides is 1. The molecule has 0 unspecified atom stereocenters. The maximum absolute atomic E-state index is 11.1. The summed E-state index contributed by atoms with van der Waals surface area (Å²) < 4.78 is 0. The first-order chi connectivity index (χ1) is 6.73.